The fourth-order valence-corrected chi connectivity index (χ4v) is 4.97. The Balaban J connectivity index is 1.96. The number of primary amides is 1. The molecule has 0 unspecified atom stereocenters. The van der Waals surface area contributed by atoms with Crippen LogP contribution in [0.15, 0.2) is 78.9 Å². The number of anilines is 3. The van der Waals surface area contributed by atoms with Gasteiger partial charge in [0.2, 0.25) is 11.8 Å². The summed E-state index contributed by atoms with van der Waals surface area (Å²) in [4.78, 5) is 59.5. The molecule has 47 heavy (non-hydrogen) atoms. The number of nitrogens with two attached hydrogens (primary N) is 1. The van der Waals surface area contributed by atoms with Crippen molar-refractivity contribution in [2.24, 2.45) is 5.73 Å². The van der Waals surface area contributed by atoms with Crippen molar-refractivity contribution in [2.45, 2.75) is 39.5 Å². The molecule has 2 N–H and O–H groups in total. The predicted molar refractivity (Wildman–Crippen MR) is 185 cm³/mol. The minimum Gasteiger partial charge on any atom is -0.484 e. The Labute approximate surface area is 277 Å². The molecule has 3 rings (SSSR count). The minimum atomic E-state index is -0.645. The van der Waals surface area contributed by atoms with Crippen LogP contribution in [0.1, 0.15) is 38.2 Å². The maximum absolute atomic E-state index is 14.3. The highest BCUT2D eigenvalue weighted by molar-refractivity contribution is 6.05. The third kappa shape index (κ3) is 11.4. The number of hydrogen-bond donors (Lipinski definition) is 1. The van der Waals surface area contributed by atoms with Gasteiger partial charge in [0.05, 0.1) is 0 Å². The number of amides is 5. The van der Waals surface area contributed by atoms with Gasteiger partial charge in [-0.15, -0.1) is 0 Å². The summed E-state index contributed by atoms with van der Waals surface area (Å²) in [6, 6.07) is 23.1. The molecule has 0 spiro atoms. The molecule has 0 aromatic heterocycles. The lowest BCUT2D eigenvalue weighted by molar-refractivity contribution is -0.122. The number of ether oxygens (including phenoxy) is 2. The standard InChI is InChI=1S/C36H47N5O6/c1-5-6-10-20-39(36(45)40(21-13-22-46-4)30-17-11-14-28(2)23-30)25-35(44)41(26-34(43)38(3)29-15-8-7-9-16-29)31-18-12-19-32(24-31)47-27-33(37)42/h7-9,11-12,14-19,23-24H,5-6,10,13,20-22,25-27H2,1-4H3,(H2,37,42). The van der Waals surface area contributed by atoms with Crippen molar-refractivity contribution in [3.8, 4) is 5.75 Å². The van der Waals surface area contributed by atoms with Crippen LogP contribution in [-0.4, -0.2) is 82.2 Å². The smallest absolute Gasteiger partial charge is 0.324 e. The quantitative estimate of drug-likeness (QED) is 0.194. The van der Waals surface area contributed by atoms with E-state index < -0.39 is 11.8 Å². The number of rotatable bonds is 18. The third-order valence-corrected chi connectivity index (χ3v) is 7.53. The van der Waals surface area contributed by atoms with Crippen LogP contribution in [-0.2, 0) is 19.1 Å². The summed E-state index contributed by atoms with van der Waals surface area (Å²) in [5.74, 6) is -1.12. The highest BCUT2D eigenvalue weighted by Gasteiger charge is 2.29. The average molecular weight is 646 g/mol. The van der Waals surface area contributed by atoms with E-state index in [1.807, 2.05) is 49.4 Å². The summed E-state index contributed by atoms with van der Waals surface area (Å²) in [6.07, 6.45) is 3.14. The molecule has 3 aromatic rings. The van der Waals surface area contributed by atoms with Crippen molar-refractivity contribution in [1.82, 2.24) is 4.90 Å². The van der Waals surface area contributed by atoms with Gasteiger partial charge in [0, 0.05) is 57.0 Å². The van der Waals surface area contributed by atoms with Gasteiger partial charge in [-0.05, 0) is 61.7 Å². The molecule has 0 aliphatic rings. The number of urea groups is 1. The number of methoxy groups -OCH3 is 1. The zero-order chi connectivity index (χ0) is 34.2. The van der Waals surface area contributed by atoms with E-state index in [-0.39, 0.29) is 31.6 Å². The summed E-state index contributed by atoms with van der Waals surface area (Å²) in [7, 11) is 3.26. The Hall–Kier alpha value is -4.90. The summed E-state index contributed by atoms with van der Waals surface area (Å²) >= 11 is 0. The molecule has 11 nitrogen and oxygen atoms in total. The molecular formula is C36H47N5O6. The lowest BCUT2D eigenvalue weighted by atomic mass is 10.2. The topological polar surface area (TPSA) is 126 Å². The highest BCUT2D eigenvalue weighted by Crippen LogP contribution is 2.24. The van der Waals surface area contributed by atoms with Crippen molar-refractivity contribution in [2.75, 3.05) is 68.2 Å². The van der Waals surface area contributed by atoms with Crippen LogP contribution < -0.4 is 25.2 Å². The van der Waals surface area contributed by atoms with E-state index in [1.165, 1.54) is 9.80 Å². The fraction of sp³-hybridized carbons (Fsp3) is 0.389. The molecule has 11 heteroatoms. The van der Waals surface area contributed by atoms with Crippen molar-refractivity contribution in [1.29, 1.82) is 0 Å². The Bertz CT molecular complexity index is 1470. The number of hydrogen-bond acceptors (Lipinski definition) is 6. The number of nitrogens with zero attached hydrogens (tertiary/aromatic N) is 4. The van der Waals surface area contributed by atoms with E-state index in [0.29, 0.717) is 49.7 Å². The van der Waals surface area contributed by atoms with Gasteiger partial charge in [0.15, 0.2) is 6.61 Å². The number of carbonyl (C=O) groups excluding carboxylic acids is 4. The Morgan fingerprint density at radius 1 is 0.745 bits per heavy atom. The molecule has 0 saturated heterocycles. The van der Waals surface area contributed by atoms with Crippen LogP contribution in [0.25, 0.3) is 0 Å². The first-order chi connectivity index (χ1) is 22.6. The van der Waals surface area contributed by atoms with E-state index in [4.69, 9.17) is 15.2 Å². The number of carbonyl (C=O) groups is 4. The zero-order valence-corrected chi connectivity index (χ0v) is 27.9. The molecule has 3 aromatic carbocycles. The van der Waals surface area contributed by atoms with Crippen molar-refractivity contribution in [3.05, 3.63) is 84.4 Å². The number of aryl methyl sites for hydroxylation is 1. The first-order valence-corrected chi connectivity index (χ1v) is 15.9. The van der Waals surface area contributed by atoms with Gasteiger partial charge in [-0.2, -0.15) is 0 Å². The third-order valence-electron chi connectivity index (χ3n) is 7.53. The van der Waals surface area contributed by atoms with Gasteiger partial charge in [-0.1, -0.05) is 56.2 Å². The lowest BCUT2D eigenvalue weighted by Crippen LogP contribution is -2.51. The molecule has 252 valence electrons. The van der Waals surface area contributed by atoms with Crippen molar-refractivity contribution in [3.63, 3.8) is 0 Å². The monoisotopic (exact) mass is 645 g/mol. The normalized spacial score (nSPS) is 10.6. The van der Waals surface area contributed by atoms with Crippen LogP contribution in [0, 0.1) is 6.92 Å². The van der Waals surface area contributed by atoms with Gasteiger partial charge in [0.1, 0.15) is 18.8 Å². The number of unbranched alkanes of at least 4 members (excludes halogenated alkanes) is 2. The highest BCUT2D eigenvalue weighted by atomic mass is 16.5. The van der Waals surface area contributed by atoms with Crippen molar-refractivity contribution >= 4 is 40.8 Å². The van der Waals surface area contributed by atoms with Gasteiger partial charge in [0.25, 0.3) is 5.91 Å². The average Bonchev–Trinajstić information content (AvgIpc) is 3.07. The largest absolute Gasteiger partial charge is 0.484 e. The number of benzene rings is 3. The van der Waals surface area contributed by atoms with Gasteiger partial charge in [-0.3, -0.25) is 19.3 Å². The first kappa shape index (κ1) is 36.6. The van der Waals surface area contributed by atoms with Crippen LogP contribution in [0.4, 0.5) is 21.9 Å². The molecule has 5 amide bonds. The SMILES string of the molecule is CCCCCN(CC(=O)N(CC(=O)N(C)c1ccccc1)c1cccc(OCC(N)=O)c1)C(=O)N(CCCOC)c1cccc(C)c1. The second-order valence-corrected chi connectivity index (χ2v) is 11.3. The lowest BCUT2D eigenvalue weighted by Gasteiger charge is -2.33. The summed E-state index contributed by atoms with van der Waals surface area (Å²) < 4.78 is 10.8. The maximum atomic E-state index is 14.3. The van der Waals surface area contributed by atoms with E-state index in [9.17, 15) is 19.2 Å². The number of para-hydroxylation sites is 1. The summed E-state index contributed by atoms with van der Waals surface area (Å²) in [5.41, 5.74) is 8.05. The molecule has 0 saturated carbocycles. The van der Waals surface area contributed by atoms with Gasteiger partial charge in [-0.25, -0.2) is 4.79 Å². The van der Waals surface area contributed by atoms with E-state index in [1.54, 1.807) is 60.4 Å². The van der Waals surface area contributed by atoms with Crippen molar-refractivity contribution < 1.29 is 28.7 Å². The molecule has 0 aliphatic heterocycles. The van der Waals surface area contributed by atoms with Crippen LogP contribution in [0.3, 0.4) is 0 Å². The summed E-state index contributed by atoms with van der Waals surface area (Å²) in [5, 5.41) is 0. The van der Waals surface area contributed by atoms with Gasteiger partial charge >= 0.3 is 6.03 Å². The van der Waals surface area contributed by atoms with E-state index in [2.05, 4.69) is 6.92 Å². The first-order valence-electron chi connectivity index (χ1n) is 15.9. The zero-order valence-electron chi connectivity index (χ0n) is 27.9. The van der Waals surface area contributed by atoms with E-state index in [0.717, 1.165) is 24.1 Å². The second kappa shape index (κ2) is 18.9. The van der Waals surface area contributed by atoms with Crippen LogP contribution >= 0.6 is 0 Å². The Kier molecular flexibility index (Phi) is 14.7. The molecule has 0 aliphatic carbocycles. The Morgan fingerprint density at radius 3 is 2.09 bits per heavy atom. The molecule has 0 radical (unpaired) electrons. The molecule has 0 heterocycles. The number of likely N-dealkylation sites (N-methyl/N-ethyl adjacent to an activating group) is 1. The van der Waals surface area contributed by atoms with E-state index >= 15 is 0 Å². The Morgan fingerprint density at radius 2 is 1.43 bits per heavy atom. The molecule has 0 fully saturated rings. The van der Waals surface area contributed by atoms with Gasteiger partial charge < -0.3 is 29.9 Å². The molecule has 0 atom stereocenters. The fourth-order valence-electron chi connectivity index (χ4n) is 4.97. The maximum Gasteiger partial charge on any atom is 0.324 e. The van der Waals surface area contributed by atoms with Crippen LogP contribution in [0.5, 0.6) is 5.75 Å². The molecular weight excluding hydrogens is 598 g/mol. The van der Waals surface area contributed by atoms with Crippen LogP contribution in [0.2, 0.25) is 0 Å². The minimum absolute atomic E-state index is 0.260. The second-order valence-electron chi connectivity index (χ2n) is 11.3. The predicted octanol–water partition coefficient (Wildman–Crippen LogP) is 5.01. The summed E-state index contributed by atoms with van der Waals surface area (Å²) in [6.45, 7) is 4.38. The molecule has 0 bridgehead atoms.